The lowest BCUT2D eigenvalue weighted by Gasteiger charge is -2.20. The van der Waals surface area contributed by atoms with E-state index in [0.29, 0.717) is 12.2 Å². The van der Waals surface area contributed by atoms with E-state index in [1.165, 1.54) is 18.9 Å². The Morgan fingerprint density at radius 3 is 2.24 bits per heavy atom. The van der Waals surface area contributed by atoms with Gasteiger partial charge >= 0.3 is 12.1 Å². The maximum atomic E-state index is 12.6. The molecule has 0 radical (unpaired) electrons. The molecule has 0 saturated heterocycles. The number of methoxy groups -OCH3 is 1. The molecule has 0 fully saturated rings. The van der Waals surface area contributed by atoms with Crippen molar-refractivity contribution in [3.05, 3.63) is 59.7 Å². The molecule has 2 aromatic carbocycles. The van der Waals surface area contributed by atoms with Crippen LogP contribution in [0.2, 0.25) is 0 Å². The Morgan fingerprint density at radius 1 is 1.06 bits per heavy atom. The first-order chi connectivity index (χ1) is 16.5. The lowest BCUT2D eigenvalue weighted by Crippen LogP contribution is -2.49. The van der Waals surface area contributed by atoms with E-state index in [2.05, 4.69) is 10.8 Å². The lowest BCUT2D eigenvalue weighted by molar-refractivity contribution is -0.165. The van der Waals surface area contributed by atoms with Crippen LogP contribution in [0.5, 0.6) is 0 Å². The minimum atomic E-state index is -1.37. The van der Waals surface area contributed by atoms with Crippen molar-refractivity contribution in [3.8, 4) is 11.1 Å². The van der Waals surface area contributed by atoms with Crippen LogP contribution in [0.4, 0.5) is 4.79 Å². The summed E-state index contributed by atoms with van der Waals surface area (Å²) in [7, 11) is 1.32. The highest BCUT2D eigenvalue weighted by Gasteiger charge is 2.30. The molecule has 34 heavy (non-hydrogen) atoms. The highest BCUT2D eigenvalue weighted by molar-refractivity contribution is 7.98. The molecule has 0 aliphatic heterocycles. The van der Waals surface area contributed by atoms with Crippen molar-refractivity contribution >= 4 is 29.7 Å². The summed E-state index contributed by atoms with van der Waals surface area (Å²) in [6.07, 6.45) is 0.0693. The van der Waals surface area contributed by atoms with E-state index >= 15 is 0 Å². The summed E-state index contributed by atoms with van der Waals surface area (Å²) in [5, 5.41) is 11.7. The number of ether oxygens (including phenoxy) is 2. The van der Waals surface area contributed by atoms with E-state index in [1.54, 1.807) is 0 Å². The van der Waals surface area contributed by atoms with Gasteiger partial charge in [-0.1, -0.05) is 48.5 Å². The maximum absolute atomic E-state index is 12.6. The molecule has 1 unspecified atom stereocenters. The molecular formula is C24H28N2O7S. The van der Waals surface area contributed by atoms with E-state index in [-0.39, 0.29) is 19.1 Å². The van der Waals surface area contributed by atoms with E-state index in [9.17, 15) is 14.4 Å². The number of alkyl carbamates (subject to hydrolysis) is 1. The Balaban J connectivity index is 1.61. The Labute approximate surface area is 202 Å². The monoisotopic (exact) mass is 488 g/mol. The lowest BCUT2D eigenvalue weighted by atomic mass is 9.98. The number of carboxylic acid groups (broad SMARTS) is 1. The molecule has 0 bridgehead atoms. The summed E-state index contributed by atoms with van der Waals surface area (Å²) in [6.45, 7) is -0.132. The molecule has 1 aliphatic rings. The number of hydrogen-bond donors (Lipinski definition) is 3. The maximum Gasteiger partial charge on any atom is 0.407 e. The van der Waals surface area contributed by atoms with Crippen molar-refractivity contribution in [2.24, 2.45) is 0 Å². The van der Waals surface area contributed by atoms with Crippen LogP contribution in [0.25, 0.3) is 11.1 Å². The van der Waals surface area contributed by atoms with Crippen LogP contribution >= 0.6 is 11.8 Å². The number of rotatable bonds is 12. The second-order valence-electron chi connectivity index (χ2n) is 7.67. The number of carbonyl (C=O) groups is 3. The first-order valence-corrected chi connectivity index (χ1v) is 12.1. The van der Waals surface area contributed by atoms with Crippen LogP contribution < -0.4 is 10.8 Å². The predicted octanol–water partition coefficient (Wildman–Crippen LogP) is 2.79. The van der Waals surface area contributed by atoms with E-state index < -0.39 is 30.1 Å². The number of thioether (sulfide) groups is 1. The van der Waals surface area contributed by atoms with Crippen LogP contribution in [0.15, 0.2) is 48.5 Å². The standard InChI is InChI=1S/C24H28N2O7S/c1-31-14-21(23(28)29)33-26-22(27)20(11-12-34-2)25-24(30)32-13-19-17-9-5-3-7-15(17)16-8-4-6-10-18(16)19/h3-10,19-21H,11-14H2,1-2H3,(H,25,30)(H,26,27)(H,28,29)/t20-,21?/m1/s1. The smallest absolute Gasteiger partial charge is 0.407 e. The number of fused-ring (bicyclic) bond motifs is 3. The molecule has 2 amide bonds. The van der Waals surface area contributed by atoms with Gasteiger partial charge in [-0.15, -0.1) is 0 Å². The molecule has 3 N–H and O–H groups in total. The molecule has 3 rings (SSSR count). The zero-order chi connectivity index (χ0) is 24.5. The Kier molecular flexibility index (Phi) is 9.32. The highest BCUT2D eigenvalue weighted by atomic mass is 32.2. The first-order valence-electron chi connectivity index (χ1n) is 10.7. The van der Waals surface area contributed by atoms with Crippen LogP contribution in [-0.2, 0) is 23.9 Å². The van der Waals surface area contributed by atoms with Gasteiger partial charge in [0.25, 0.3) is 5.91 Å². The summed E-state index contributed by atoms with van der Waals surface area (Å²) < 4.78 is 10.3. The van der Waals surface area contributed by atoms with E-state index in [1.807, 2.05) is 54.8 Å². The van der Waals surface area contributed by atoms with Crippen LogP contribution in [0.1, 0.15) is 23.5 Å². The SMILES string of the molecule is COCC(ONC(=O)[C@@H](CCSC)NC(=O)OCC1c2ccccc2-c2ccccc21)C(=O)O. The number of carbonyl (C=O) groups excluding carboxylic acids is 2. The van der Waals surface area contributed by atoms with Crippen molar-refractivity contribution < 1.29 is 33.8 Å². The first kappa shape index (κ1) is 25.5. The van der Waals surface area contributed by atoms with Gasteiger partial charge in [0.2, 0.25) is 6.10 Å². The second-order valence-corrected chi connectivity index (χ2v) is 8.66. The topological polar surface area (TPSA) is 123 Å². The number of benzene rings is 2. The molecule has 1 aliphatic carbocycles. The third kappa shape index (κ3) is 6.28. The molecule has 0 saturated carbocycles. The van der Waals surface area contributed by atoms with Crippen molar-refractivity contribution in [1.82, 2.24) is 10.8 Å². The molecule has 0 aromatic heterocycles. The number of hydrogen-bond acceptors (Lipinski definition) is 7. The largest absolute Gasteiger partial charge is 0.479 e. The molecule has 0 heterocycles. The number of aliphatic carboxylic acids is 1. The van der Waals surface area contributed by atoms with Gasteiger partial charge in [-0.2, -0.15) is 11.8 Å². The third-order valence-electron chi connectivity index (χ3n) is 5.46. The molecular weight excluding hydrogens is 460 g/mol. The number of carboxylic acids is 1. The zero-order valence-corrected chi connectivity index (χ0v) is 19.8. The Morgan fingerprint density at radius 2 is 1.68 bits per heavy atom. The quantitative estimate of drug-likeness (QED) is 0.390. The van der Waals surface area contributed by atoms with Crippen molar-refractivity contribution in [2.45, 2.75) is 24.5 Å². The summed E-state index contributed by atoms with van der Waals surface area (Å²) in [6, 6.07) is 15.0. The fraction of sp³-hybridized carbons (Fsp3) is 0.375. The van der Waals surface area contributed by atoms with Crippen molar-refractivity contribution in [2.75, 3.05) is 32.3 Å². The second kappa shape index (κ2) is 12.4. The highest BCUT2D eigenvalue weighted by Crippen LogP contribution is 2.44. The predicted molar refractivity (Wildman–Crippen MR) is 128 cm³/mol. The van der Waals surface area contributed by atoms with Gasteiger partial charge < -0.3 is 19.9 Å². The van der Waals surface area contributed by atoms with Gasteiger partial charge in [0.1, 0.15) is 12.6 Å². The molecule has 2 atom stereocenters. The minimum Gasteiger partial charge on any atom is -0.479 e. The average Bonchev–Trinajstić information content (AvgIpc) is 3.16. The van der Waals surface area contributed by atoms with Gasteiger partial charge in [0.15, 0.2) is 0 Å². The van der Waals surface area contributed by atoms with Gasteiger partial charge in [0, 0.05) is 13.0 Å². The fourth-order valence-corrected chi connectivity index (χ4v) is 4.27. The van der Waals surface area contributed by atoms with E-state index in [0.717, 1.165) is 22.3 Å². The van der Waals surface area contributed by atoms with E-state index in [4.69, 9.17) is 19.4 Å². The van der Waals surface area contributed by atoms with Crippen LogP contribution in [0.3, 0.4) is 0 Å². The fourth-order valence-electron chi connectivity index (χ4n) is 3.79. The molecule has 2 aromatic rings. The van der Waals surface area contributed by atoms with Crippen LogP contribution in [0, 0.1) is 0 Å². The van der Waals surface area contributed by atoms with Gasteiger partial charge in [-0.3, -0.25) is 9.63 Å². The Bertz CT molecular complexity index is 971. The van der Waals surface area contributed by atoms with Gasteiger partial charge in [0.05, 0.1) is 6.61 Å². The summed E-state index contributed by atoms with van der Waals surface area (Å²) in [5.41, 5.74) is 6.51. The van der Waals surface area contributed by atoms with Crippen molar-refractivity contribution in [1.29, 1.82) is 0 Å². The molecule has 0 spiro atoms. The Hall–Kier alpha value is -3.08. The number of hydroxylamine groups is 1. The third-order valence-corrected chi connectivity index (χ3v) is 6.10. The van der Waals surface area contributed by atoms with Crippen LogP contribution in [-0.4, -0.2) is 67.6 Å². The molecule has 10 heteroatoms. The summed E-state index contributed by atoms with van der Waals surface area (Å²) in [4.78, 5) is 41.2. The summed E-state index contributed by atoms with van der Waals surface area (Å²) in [5.74, 6) is -1.48. The zero-order valence-electron chi connectivity index (χ0n) is 19.0. The average molecular weight is 489 g/mol. The normalized spacial score (nSPS) is 13.9. The van der Waals surface area contributed by atoms with Crippen molar-refractivity contribution in [3.63, 3.8) is 0 Å². The van der Waals surface area contributed by atoms with Gasteiger partial charge in [-0.05, 0) is 40.7 Å². The minimum absolute atomic E-state index is 0.106. The van der Waals surface area contributed by atoms with Gasteiger partial charge in [-0.25, -0.2) is 15.1 Å². The molecule has 9 nitrogen and oxygen atoms in total. The molecule has 182 valence electrons. The number of nitrogens with one attached hydrogen (secondary N) is 2. The summed E-state index contributed by atoms with van der Waals surface area (Å²) >= 11 is 1.50. The number of amides is 2.